The summed E-state index contributed by atoms with van der Waals surface area (Å²) >= 11 is 2.27. The second kappa shape index (κ2) is 4.03. The number of phenols is 1. The van der Waals surface area contributed by atoms with Crippen LogP contribution in [0.4, 0.5) is 0 Å². The Balaban J connectivity index is 2.14. The largest absolute Gasteiger partial charge is 0.508 e. The van der Waals surface area contributed by atoms with Crippen LogP contribution >= 0.6 is 22.6 Å². The molecule has 0 atom stereocenters. The molecule has 2 aromatic heterocycles. The van der Waals surface area contributed by atoms with Gasteiger partial charge in [0.1, 0.15) is 11.4 Å². The highest BCUT2D eigenvalue weighted by Crippen LogP contribution is 2.22. The first-order chi connectivity index (χ1) is 8.22. The number of hydrogen-bond donors (Lipinski definition) is 1. The Morgan fingerprint density at radius 3 is 2.53 bits per heavy atom. The number of hydrogen-bond acceptors (Lipinski definition) is 2. The molecule has 0 radical (unpaired) electrons. The van der Waals surface area contributed by atoms with E-state index in [-0.39, 0.29) is 5.75 Å². The van der Waals surface area contributed by atoms with Crippen LogP contribution in [0.5, 0.6) is 5.75 Å². The Hall–Kier alpha value is -1.56. The lowest BCUT2D eigenvalue weighted by atomic mass is 10.2. The van der Waals surface area contributed by atoms with Crippen LogP contribution in [-0.2, 0) is 0 Å². The van der Waals surface area contributed by atoms with E-state index in [1.165, 1.54) is 3.57 Å². The van der Waals surface area contributed by atoms with Crippen molar-refractivity contribution >= 4 is 28.2 Å². The highest BCUT2D eigenvalue weighted by molar-refractivity contribution is 14.1. The van der Waals surface area contributed by atoms with Crippen molar-refractivity contribution in [2.45, 2.75) is 0 Å². The van der Waals surface area contributed by atoms with Gasteiger partial charge in [0.15, 0.2) is 0 Å². The van der Waals surface area contributed by atoms with Gasteiger partial charge in [0, 0.05) is 21.5 Å². The lowest BCUT2D eigenvalue weighted by Crippen LogP contribution is -1.82. The maximum Gasteiger partial charge on any atom is 0.137 e. The second-order valence-electron chi connectivity index (χ2n) is 3.79. The van der Waals surface area contributed by atoms with E-state index in [0.29, 0.717) is 0 Å². The van der Waals surface area contributed by atoms with Crippen LogP contribution in [0.3, 0.4) is 0 Å². The van der Waals surface area contributed by atoms with Gasteiger partial charge in [-0.25, -0.2) is 4.98 Å². The van der Waals surface area contributed by atoms with Gasteiger partial charge in [0.05, 0.1) is 5.69 Å². The third kappa shape index (κ3) is 2.00. The van der Waals surface area contributed by atoms with Gasteiger partial charge in [-0.05, 0) is 59.0 Å². The average molecular weight is 336 g/mol. The summed E-state index contributed by atoms with van der Waals surface area (Å²) in [5, 5.41) is 9.25. The molecule has 1 aromatic carbocycles. The van der Waals surface area contributed by atoms with E-state index in [9.17, 15) is 5.11 Å². The minimum absolute atomic E-state index is 0.270. The maximum absolute atomic E-state index is 9.25. The molecule has 0 saturated carbocycles. The molecule has 3 aromatic rings. The van der Waals surface area contributed by atoms with Gasteiger partial charge in [-0.15, -0.1) is 0 Å². The average Bonchev–Trinajstić information content (AvgIpc) is 2.72. The second-order valence-corrected chi connectivity index (χ2v) is 5.03. The van der Waals surface area contributed by atoms with E-state index in [0.717, 1.165) is 16.9 Å². The topological polar surface area (TPSA) is 37.5 Å². The summed E-state index contributed by atoms with van der Waals surface area (Å²) in [5.74, 6) is 0.270. The van der Waals surface area contributed by atoms with Gasteiger partial charge in [-0.2, -0.15) is 0 Å². The third-order valence-corrected chi connectivity index (χ3v) is 3.22. The van der Waals surface area contributed by atoms with Gasteiger partial charge >= 0.3 is 0 Å². The number of benzene rings is 1. The van der Waals surface area contributed by atoms with Crippen molar-refractivity contribution in [3.8, 4) is 17.0 Å². The number of pyridine rings is 1. The molecular formula is C13H9IN2O. The van der Waals surface area contributed by atoms with Crippen LogP contribution < -0.4 is 0 Å². The molecule has 4 heteroatoms. The molecule has 0 unspecified atom stereocenters. The summed E-state index contributed by atoms with van der Waals surface area (Å²) in [6.07, 6.45) is 4.02. The van der Waals surface area contributed by atoms with E-state index >= 15 is 0 Å². The van der Waals surface area contributed by atoms with Crippen LogP contribution in [0, 0.1) is 3.57 Å². The normalized spacial score (nSPS) is 10.9. The molecule has 0 spiro atoms. The number of nitrogens with zero attached hydrogens (tertiary/aromatic N) is 2. The predicted octanol–water partition coefficient (Wildman–Crippen LogP) is 3.31. The number of imidazole rings is 1. The summed E-state index contributed by atoms with van der Waals surface area (Å²) < 4.78 is 3.18. The van der Waals surface area contributed by atoms with E-state index < -0.39 is 0 Å². The quantitative estimate of drug-likeness (QED) is 0.693. The zero-order chi connectivity index (χ0) is 11.8. The highest BCUT2D eigenvalue weighted by atomic mass is 127. The van der Waals surface area contributed by atoms with Crippen LogP contribution in [0.2, 0.25) is 0 Å². The number of aromatic nitrogens is 2. The molecule has 84 valence electrons. The summed E-state index contributed by atoms with van der Waals surface area (Å²) in [6, 6.07) is 11.1. The molecule has 0 aliphatic heterocycles. The van der Waals surface area contributed by atoms with Crippen LogP contribution in [-0.4, -0.2) is 14.5 Å². The fourth-order valence-corrected chi connectivity index (χ4v) is 2.22. The minimum atomic E-state index is 0.270. The van der Waals surface area contributed by atoms with E-state index in [2.05, 4.69) is 27.6 Å². The van der Waals surface area contributed by atoms with Gasteiger partial charge in [-0.3, -0.25) is 0 Å². The van der Waals surface area contributed by atoms with Crippen molar-refractivity contribution in [1.82, 2.24) is 9.38 Å². The fraction of sp³-hybridized carbons (Fsp3) is 0. The summed E-state index contributed by atoms with van der Waals surface area (Å²) in [6.45, 7) is 0. The van der Waals surface area contributed by atoms with Crippen LogP contribution in [0.1, 0.15) is 0 Å². The first-order valence-corrected chi connectivity index (χ1v) is 6.24. The van der Waals surface area contributed by atoms with Crippen LogP contribution in [0.15, 0.2) is 48.8 Å². The Kier molecular flexibility index (Phi) is 2.51. The zero-order valence-corrected chi connectivity index (χ0v) is 11.0. The Morgan fingerprint density at radius 2 is 1.76 bits per heavy atom. The molecule has 0 bridgehead atoms. The molecule has 3 rings (SSSR count). The van der Waals surface area contributed by atoms with E-state index in [4.69, 9.17) is 0 Å². The van der Waals surface area contributed by atoms with Crippen LogP contribution in [0.25, 0.3) is 16.9 Å². The summed E-state index contributed by atoms with van der Waals surface area (Å²) in [5.41, 5.74) is 2.84. The lowest BCUT2D eigenvalue weighted by molar-refractivity contribution is 0.475. The van der Waals surface area contributed by atoms with Crippen molar-refractivity contribution in [1.29, 1.82) is 0 Å². The minimum Gasteiger partial charge on any atom is -0.508 e. The van der Waals surface area contributed by atoms with E-state index in [1.807, 2.05) is 41.1 Å². The van der Waals surface area contributed by atoms with Crippen molar-refractivity contribution in [2.24, 2.45) is 0 Å². The SMILES string of the molecule is Oc1ccc(-c2cn3cc(I)ccc3n2)cc1. The molecule has 0 aliphatic carbocycles. The molecule has 0 fully saturated rings. The molecule has 1 N–H and O–H groups in total. The number of aromatic hydroxyl groups is 1. The van der Waals surface area contributed by atoms with Crippen molar-refractivity contribution in [3.63, 3.8) is 0 Å². The highest BCUT2D eigenvalue weighted by Gasteiger charge is 2.04. The third-order valence-electron chi connectivity index (χ3n) is 2.58. The molecule has 2 heterocycles. The smallest absolute Gasteiger partial charge is 0.137 e. The van der Waals surface area contributed by atoms with Gasteiger partial charge < -0.3 is 9.51 Å². The first-order valence-electron chi connectivity index (χ1n) is 5.16. The fourth-order valence-electron chi connectivity index (χ4n) is 1.74. The summed E-state index contributed by atoms with van der Waals surface area (Å²) in [7, 11) is 0. The first kappa shape index (κ1) is 10.6. The standard InChI is InChI=1S/C13H9IN2O/c14-10-3-6-13-15-12(8-16(13)7-10)9-1-4-11(17)5-2-9/h1-8,17H. The monoisotopic (exact) mass is 336 g/mol. The Bertz CT molecular complexity index is 673. The molecule has 0 amide bonds. The maximum atomic E-state index is 9.25. The Morgan fingerprint density at radius 1 is 1.00 bits per heavy atom. The molecule has 3 nitrogen and oxygen atoms in total. The lowest BCUT2D eigenvalue weighted by Gasteiger charge is -1.95. The Labute approximate surface area is 112 Å². The number of phenolic OH excluding ortho intramolecular Hbond substituents is 1. The molecule has 0 saturated heterocycles. The van der Waals surface area contributed by atoms with Gasteiger partial charge in [0.2, 0.25) is 0 Å². The molecule has 0 aliphatic rings. The van der Waals surface area contributed by atoms with Crippen molar-refractivity contribution in [2.75, 3.05) is 0 Å². The van der Waals surface area contributed by atoms with Gasteiger partial charge in [-0.1, -0.05) is 0 Å². The van der Waals surface area contributed by atoms with Gasteiger partial charge in [0.25, 0.3) is 0 Å². The zero-order valence-electron chi connectivity index (χ0n) is 8.84. The summed E-state index contributed by atoms with van der Waals surface area (Å²) in [4.78, 5) is 4.53. The molecule has 17 heavy (non-hydrogen) atoms. The van der Waals surface area contributed by atoms with Crippen molar-refractivity contribution < 1.29 is 5.11 Å². The predicted molar refractivity (Wildman–Crippen MR) is 75.0 cm³/mol. The number of halogens is 1. The number of rotatable bonds is 1. The van der Waals surface area contributed by atoms with Crippen molar-refractivity contribution in [3.05, 3.63) is 52.4 Å². The molecular weight excluding hydrogens is 327 g/mol. The number of fused-ring (bicyclic) bond motifs is 1. The van der Waals surface area contributed by atoms with E-state index in [1.54, 1.807) is 12.1 Å².